The van der Waals surface area contributed by atoms with Crippen LogP contribution >= 0.6 is 0 Å². The first-order valence-electron chi connectivity index (χ1n) is 5.87. The first kappa shape index (κ1) is 8.59. The van der Waals surface area contributed by atoms with Crippen molar-refractivity contribution in [2.45, 2.75) is 64.7 Å². The number of hydrogen-bond acceptors (Lipinski definition) is 0. The lowest BCUT2D eigenvalue weighted by atomic mass is 9.57. The highest BCUT2D eigenvalue weighted by molar-refractivity contribution is 4.97. The molecule has 0 radical (unpaired) electrons. The van der Waals surface area contributed by atoms with E-state index >= 15 is 0 Å². The summed E-state index contributed by atoms with van der Waals surface area (Å²) in [5.74, 6) is 1.14. The molecule has 0 heteroatoms. The van der Waals surface area contributed by atoms with Gasteiger partial charge in [-0.05, 0) is 43.4 Å². The first-order valence-corrected chi connectivity index (χ1v) is 5.87. The Hall–Kier alpha value is 0. The van der Waals surface area contributed by atoms with Crippen LogP contribution in [0.1, 0.15) is 64.7 Å². The van der Waals surface area contributed by atoms with E-state index in [0.29, 0.717) is 0 Å². The smallest absolute Gasteiger partial charge is 0.0269 e. The molecule has 12 heavy (non-hydrogen) atoms. The maximum atomic E-state index is 2.32. The van der Waals surface area contributed by atoms with Crippen LogP contribution in [0.4, 0.5) is 0 Å². The second kappa shape index (κ2) is 3.40. The van der Waals surface area contributed by atoms with Gasteiger partial charge in [-0.1, -0.05) is 32.6 Å². The molecule has 0 aromatic heterocycles. The van der Waals surface area contributed by atoms with Crippen molar-refractivity contribution in [1.29, 1.82) is 0 Å². The van der Waals surface area contributed by atoms with Crippen molar-refractivity contribution in [2.24, 2.45) is 11.3 Å². The number of hydrogen-bond donors (Lipinski definition) is 0. The van der Waals surface area contributed by atoms with Crippen LogP contribution in [0.25, 0.3) is 0 Å². The Labute approximate surface area is 76.7 Å². The summed E-state index contributed by atoms with van der Waals surface area (Å²) in [6, 6.07) is 0. The molecule has 1 atom stereocenters. The summed E-state index contributed by atoms with van der Waals surface area (Å²) in [5, 5.41) is 0. The zero-order chi connectivity index (χ0) is 8.44. The van der Waals surface area contributed by atoms with Crippen LogP contribution in [-0.2, 0) is 0 Å². The topological polar surface area (TPSA) is 0 Å². The molecule has 0 saturated heterocycles. The van der Waals surface area contributed by atoms with Gasteiger partial charge >= 0.3 is 0 Å². The van der Waals surface area contributed by atoms with Gasteiger partial charge in [0.05, 0.1) is 0 Å². The third-order valence-corrected chi connectivity index (χ3v) is 4.36. The van der Waals surface area contributed by atoms with Gasteiger partial charge in [-0.3, -0.25) is 0 Å². The molecular weight excluding hydrogens is 144 g/mol. The Morgan fingerprint density at radius 2 is 1.92 bits per heavy atom. The Bertz CT molecular complexity index is 142. The minimum atomic E-state index is 0.884. The van der Waals surface area contributed by atoms with Crippen LogP contribution in [0.15, 0.2) is 0 Å². The summed E-state index contributed by atoms with van der Waals surface area (Å²) in [6.07, 6.45) is 13.7. The summed E-state index contributed by atoms with van der Waals surface area (Å²) in [4.78, 5) is 0. The molecule has 0 amide bonds. The molecular formula is C12H22. The lowest BCUT2D eigenvalue weighted by molar-refractivity contribution is 0.0290. The van der Waals surface area contributed by atoms with Gasteiger partial charge in [0.15, 0.2) is 0 Å². The number of unbranched alkanes of at least 4 members (excludes halogenated alkanes) is 1. The normalized spacial score (nSPS) is 32.2. The van der Waals surface area contributed by atoms with E-state index in [-0.39, 0.29) is 0 Å². The van der Waals surface area contributed by atoms with E-state index in [4.69, 9.17) is 0 Å². The maximum Gasteiger partial charge on any atom is -0.0269 e. The third kappa shape index (κ3) is 1.30. The fourth-order valence-corrected chi connectivity index (χ4v) is 3.40. The average molecular weight is 166 g/mol. The van der Waals surface area contributed by atoms with Gasteiger partial charge in [-0.2, -0.15) is 0 Å². The molecule has 0 aromatic rings. The standard InChI is InChI=1S/C12H22/c1-2-3-6-11-7-10-12(11)8-4-5-9-12/h11H,2-10H2,1H3. The van der Waals surface area contributed by atoms with Crippen molar-refractivity contribution in [3.8, 4) is 0 Å². The van der Waals surface area contributed by atoms with Crippen LogP contribution in [-0.4, -0.2) is 0 Å². The molecule has 70 valence electrons. The summed E-state index contributed by atoms with van der Waals surface area (Å²) >= 11 is 0. The number of rotatable bonds is 3. The van der Waals surface area contributed by atoms with E-state index < -0.39 is 0 Å². The van der Waals surface area contributed by atoms with Gasteiger partial charge in [-0.25, -0.2) is 0 Å². The maximum absolute atomic E-state index is 2.32. The zero-order valence-corrected chi connectivity index (χ0v) is 8.44. The second-order valence-corrected chi connectivity index (χ2v) is 4.95. The molecule has 2 aliphatic carbocycles. The van der Waals surface area contributed by atoms with Crippen molar-refractivity contribution < 1.29 is 0 Å². The molecule has 1 spiro atoms. The van der Waals surface area contributed by atoms with Crippen molar-refractivity contribution in [1.82, 2.24) is 0 Å². The lowest BCUT2D eigenvalue weighted by Crippen LogP contribution is -2.37. The van der Waals surface area contributed by atoms with Crippen LogP contribution < -0.4 is 0 Å². The van der Waals surface area contributed by atoms with Crippen LogP contribution in [0.3, 0.4) is 0 Å². The Morgan fingerprint density at radius 1 is 1.17 bits per heavy atom. The van der Waals surface area contributed by atoms with Crippen LogP contribution in [0.2, 0.25) is 0 Å². The molecule has 2 saturated carbocycles. The zero-order valence-electron chi connectivity index (χ0n) is 8.44. The summed E-state index contributed by atoms with van der Waals surface area (Å²) in [5.41, 5.74) is 0.884. The largest absolute Gasteiger partial charge is 0.0654 e. The van der Waals surface area contributed by atoms with Crippen molar-refractivity contribution in [3.63, 3.8) is 0 Å². The average Bonchev–Trinajstić information content (AvgIpc) is 2.53. The molecule has 0 aliphatic heterocycles. The van der Waals surface area contributed by atoms with Crippen molar-refractivity contribution in [3.05, 3.63) is 0 Å². The van der Waals surface area contributed by atoms with E-state index in [1.807, 2.05) is 0 Å². The van der Waals surface area contributed by atoms with Gasteiger partial charge in [0.2, 0.25) is 0 Å². The van der Waals surface area contributed by atoms with Gasteiger partial charge in [0.1, 0.15) is 0 Å². The molecule has 0 aromatic carbocycles. The van der Waals surface area contributed by atoms with Gasteiger partial charge in [0, 0.05) is 0 Å². The molecule has 0 nitrogen and oxygen atoms in total. The predicted octanol–water partition coefficient (Wildman–Crippen LogP) is 4.15. The summed E-state index contributed by atoms with van der Waals surface area (Å²) < 4.78 is 0. The molecule has 0 heterocycles. The Kier molecular flexibility index (Phi) is 2.43. The quantitative estimate of drug-likeness (QED) is 0.591. The second-order valence-electron chi connectivity index (χ2n) is 4.95. The van der Waals surface area contributed by atoms with Crippen LogP contribution in [0.5, 0.6) is 0 Å². The van der Waals surface area contributed by atoms with E-state index in [9.17, 15) is 0 Å². The molecule has 0 N–H and O–H groups in total. The van der Waals surface area contributed by atoms with Gasteiger partial charge in [-0.15, -0.1) is 0 Å². The predicted molar refractivity (Wildman–Crippen MR) is 53.2 cm³/mol. The third-order valence-electron chi connectivity index (χ3n) is 4.36. The highest BCUT2D eigenvalue weighted by Gasteiger charge is 2.46. The molecule has 1 unspecified atom stereocenters. The summed E-state index contributed by atoms with van der Waals surface area (Å²) in [7, 11) is 0. The van der Waals surface area contributed by atoms with E-state index in [0.717, 1.165) is 11.3 Å². The van der Waals surface area contributed by atoms with Gasteiger partial charge < -0.3 is 0 Å². The molecule has 0 bridgehead atoms. The first-order chi connectivity index (χ1) is 5.87. The van der Waals surface area contributed by atoms with E-state index in [1.165, 1.54) is 32.1 Å². The Morgan fingerprint density at radius 3 is 2.42 bits per heavy atom. The minimum Gasteiger partial charge on any atom is -0.0654 e. The van der Waals surface area contributed by atoms with Crippen molar-refractivity contribution in [2.75, 3.05) is 0 Å². The lowest BCUT2D eigenvalue weighted by Gasteiger charge is -2.48. The molecule has 2 aliphatic rings. The van der Waals surface area contributed by atoms with Crippen molar-refractivity contribution >= 4 is 0 Å². The molecule has 2 rings (SSSR count). The monoisotopic (exact) mass is 166 g/mol. The van der Waals surface area contributed by atoms with Crippen LogP contribution in [0, 0.1) is 11.3 Å². The van der Waals surface area contributed by atoms with E-state index in [2.05, 4.69) is 6.92 Å². The Balaban J connectivity index is 1.83. The minimum absolute atomic E-state index is 0.884. The summed E-state index contributed by atoms with van der Waals surface area (Å²) in [6.45, 7) is 2.32. The fourth-order valence-electron chi connectivity index (χ4n) is 3.40. The van der Waals surface area contributed by atoms with E-state index in [1.54, 1.807) is 25.7 Å². The fraction of sp³-hybridized carbons (Fsp3) is 1.00. The molecule has 2 fully saturated rings. The SMILES string of the molecule is CCCCC1CCC12CCCC2. The highest BCUT2D eigenvalue weighted by Crippen LogP contribution is 2.58. The highest BCUT2D eigenvalue weighted by atomic mass is 14.5. The van der Waals surface area contributed by atoms with Gasteiger partial charge in [0.25, 0.3) is 0 Å².